The van der Waals surface area contributed by atoms with Gasteiger partial charge in [-0.15, -0.1) is 11.3 Å². The number of piperidine rings is 1. The molecule has 0 radical (unpaired) electrons. The molecule has 2 unspecified atom stereocenters. The molecule has 1 fully saturated rings. The van der Waals surface area contributed by atoms with Crippen molar-refractivity contribution < 1.29 is 22.8 Å². The molecule has 3 heterocycles. The highest BCUT2D eigenvalue weighted by Gasteiger charge is 2.53. The normalized spacial score (nSPS) is 17.6. The lowest BCUT2D eigenvalue weighted by atomic mass is 9.84. The Balaban J connectivity index is 1.86. The second kappa shape index (κ2) is 11.8. The first kappa shape index (κ1) is 29.3. The van der Waals surface area contributed by atoms with Crippen LogP contribution >= 0.6 is 46.3 Å². The first-order valence-corrected chi connectivity index (χ1v) is 14.2. The number of likely N-dealkylation sites (tertiary alicyclic amines) is 1. The molecule has 0 aliphatic carbocycles. The molecule has 0 bridgehead atoms. The summed E-state index contributed by atoms with van der Waals surface area (Å²) in [7, 11) is 2.76. The van der Waals surface area contributed by atoms with E-state index in [4.69, 9.17) is 23.2 Å². The highest BCUT2D eigenvalue weighted by atomic mass is 35.5. The number of thioether (sulfide) groups is 1. The van der Waals surface area contributed by atoms with Crippen molar-refractivity contribution in [3.8, 4) is 6.07 Å². The number of aromatic nitrogens is 2. The molecule has 0 spiro atoms. The fourth-order valence-electron chi connectivity index (χ4n) is 4.53. The van der Waals surface area contributed by atoms with Gasteiger partial charge in [0.15, 0.2) is 0 Å². The number of benzene rings is 1. The molecule has 14 heteroatoms. The Morgan fingerprint density at radius 1 is 1.23 bits per heavy atom. The third-order valence-electron chi connectivity index (χ3n) is 6.20. The van der Waals surface area contributed by atoms with Crippen molar-refractivity contribution in [2.45, 2.75) is 41.8 Å². The fraction of sp³-hybridized carbons (Fsp3) is 0.360. The molecule has 1 aliphatic rings. The van der Waals surface area contributed by atoms with Crippen molar-refractivity contribution in [1.29, 1.82) is 5.26 Å². The molecule has 206 valence electrons. The summed E-state index contributed by atoms with van der Waals surface area (Å²) < 4.78 is 45.0. The van der Waals surface area contributed by atoms with E-state index in [2.05, 4.69) is 5.10 Å². The molecule has 2 aromatic heterocycles. The Hall–Kier alpha value is -2.72. The van der Waals surface area contributed by atoms with Crippen molar-refractivity contribution in [2.75, 3.05) is 20.6 Å². The summed E-state index contributed by atoms with van der Waals surface area (Å²) in [5, 5.41) is 14.7. The lowest BCUT2D eigenvalue weighted by Crippen LogP contribution is -2.57. The van der Waals surface area contributed by atoms with Gasteiger partial charge in [-0.05, 0) is 37.1 Å². The van der Waals surface area contributed by atoms with E-state index in [0.717, 1.165) is 31.1 Å². The topological polar surface area (TPSA) is 82.2 Å². The Labute approximate surface area is 241 Å². The molecule has 1 aromatic carbocycles. The van der Waals surface area contributed by atoms with E-state index in [1.807, 2.05) is 6.07 Å². The molecule has 39 heavy (non-hydrogen) atoms. The summed E-state index contributed by atoms with van der Waals surface area (Å²) in [6, 6.07) is 8.68. The molecule has 7 nitrogen and oxygen atoms in total. The lowest BCUT2D eigenvalue weighted by Gasteiger charge is -2.42. The smallest absolute Gasteiger partial charge is 0.331 e. The Bertz CT molecular complexity index is 1430. The van der Waals surface area contributed by atoms with Gasteiger partial charge in [-0.3, -0.25) is 4.79 Å². The molecule has 4 rings (SSSR count). The summed E-state index contributed by atoms with van der Waals surface area (Å²) in [5.41, 5.74) is -0.233. The van der Waals surface area contributed by atoms with Gasteiger partial charge in [0.05, 0.1) is 20.6 Å². The molecular weight excluding hydrogens is 594 g/mol. The average molecular weight is 617 g/mol. The van der Waals surface area contributed by atoms with E-state index in [9.17, 15) is 28.0 Å². The van der Waals surface area contributed by atoms with Crippen LogP contribution in [-0.4, -0.2) is 64.4 Å². The number of hydrogen-bond donors (Lipinski definition) is 0. The first-order chi connectivity index (χ1) is 18.4. The molecule has 3 aromatic rings. The van der Waals surface area contributed by atoms with Gasteiger partial charge in [0.25, 0.3) is 5.91 Å². The van der Waals surface area contributed by atoms with Crippen LogP contribution in [0, 0.1) is 11.3 Å². The molecule has 1 aliphatic heterocycles. The van der Waals surface area contributed by atoms with Gasteiger partial charge in [0.1, 0.15) is 22.7 Å². The monoisotopic (exact) mass is 615 g/mol. The van der Waals surface area contributed by atoms with Crippen molar-refractivity contribution in [1.82, 2.24) is 19.6 Å². The number of thiophene rings is 1. The number of carbonyl (C=O) groups is 2. The van der Waals surface area contributed by atoms with Crippen LogP contribution < -0.4 is 0 Å². The largest absolute Gasteiger partial charge is 0.409 e. The first-order valence-electron chi connectivity index (χ1n) is 11.7. The van der Waals surface area contributed by atoms with Crippen molar-refractivity contribution in [3.63, 3.8) is 0 Å². The van der Waals surface area contributed by atoms with Crippen LogP contribution in [0.2, 0.25) is 9.36 Å². The number of nitriles is 1. The van der Waals surface area contributed by atoms with Crippen LogP contribution in [-0.2, 0) is 5.75 Å². The maximum Gasteiger partial charge on any atom is 0.409 e. The molecule has 0 saturated carbocycles. The van der Waals surface area contributed by atoms with E-state index in [-0.39, 0.29) is 46.3 Å². The molecular formula is C25H22Cl2F3N5O2S2. The van der Waals surface area contributed by atoms with E-state index in [1.165, 1.54) is 37.6 Å². The van der Waals surface area contributed by atoms with Crippen LogP contribution in [0.15, 0.2) is 41.4 Å². The van der Waals surface area contributed by atoms with Crippen molar-refractivity contribution in [3.05, 3.63) is 67.5 Å². The minimum absolute atomic E-state index is 0.0258. The Morgan fingerprint density at radius 3 is 2.54 bits per heavy atom. The number of nitrogens with zero attached hydrogens (tertiary/aromatic N) is 5. The van der Waals surface area contributed by atoms with Crippen LogP contribution in [0.4, 0.5) is 18.0 Å². The van der Waals surface area contributed by atoms with Gasteiger partial charge in [-0.1, -0.05) is 47.1 Å². The minimum atomic E-state index is -4.80. The number of alkyl halides is 3. The van der Waals surface area contributed by atoms with Gasteiger partial charge >= 0.3 is 12.2 Å². The standard InChI is InChI=1S/C25H22Cl2F3N5O2S2/c1-33(2)24(37)34-11-5-7-16(21(34)25(28,29)30)20-17(12-31)23(38-13-14-9-10-19(27)39-14)35(32-20)22(36)15-6-3-4-8-18(15)26/h3-4,6,8-10,16,21H,5,7,11,13H2,1-2H3. The summed E-state index contributed by atoms with van der Waals surface area (Å²) in [6.07, 6.45) is -4.51. The zero-order valence-electron chi connectivity index (χ0n) is 20.7. The summed E-state index contributed by atoms with van der Waals surface area (Å²) in [4.78, 5) is 29.0. The van der Waals surface area contributed by atoms with Gasteiger partial charge in [-0.2, -0.15) is 28.2 Å². The lowest BCUT2D eigenvalue weighted by molar-refractivity contribution is -0.189. The van der Waals surface area contributed by atoms with Gasteiger partial charge < -0.3 is 9.80 Å². The Kier molecular flexibility index (Phi) is 8.85. The third-order valence-corrected chi connectivity index (χ3v) is 9.05. The predicted octanol–water partition coefficient (Wildman–Crippen LogP) is 6.90. The number of urea groups is 1. The van der Waals surface area contributed by atoms with E-state index >= 15 is 0 Å². The van der Waals surface area contributed by atoms with E-state index in [0.29, 0.717) is 10.1 Å². The summed E-state index contributed by atoms with van der Waals surface area (Å²) in [6.45, 7) is -0.0976. The van der Waals surface area contributed by atoms with E-state index < -0.39 is 30.1 Å². The number of amides is 2. The minimum Gasteiger partial charge on any atom is -0.331 e. The number of halogens is 5. The number of hydrogen-bond acceptors (Lipinski definition) is 6. The number of carbonyl (C=O) groups excluding carboxylic acids is 2. The highest BCUT2D eigenvalue weighted by molar-refractivity contribution is 7.98. The molecule has 2 atom stereocenters. The number of rotatable bonds is 5. The SMILES string of the molecule is CN(C)C(=O)N1CCCC(c2nn(C(=O)c3ccccc3Cl)c(SCc3ccc(Cl)s3)c2C#N)C1C(F)(F)F. The molecule has 2 amide bonds. The zero-order valence-corrected chi connectivity index (χ0v) is 23.9. The second-order valence-electron chi connectivity index (χ2n) is 8.97. The van der Waals surface area contributed by atoms with Crippen molar-refractivity contribution >= 4 is 58.2 Å². The predicted molar refractivity (Wildman–Crippen MR) is 145 cm³/mol. The third kappa shape index (κ3) is 6.06. The highest BCUT2D eigenvalue weighted by Crippen LogP contribution is 2.44. The van der Waals surface area contributed by atoms with Crippen LogP contribution in [0.5, 0.6) is 0 Å². The zero-order chi connectivity index (χ0) is 28.5. The Morgan fingerprint density at radius 2 is 1.95 bits per heavy atom. The van der Waals surface area contributed by atoms with Gasteiger partial charge in [-0.25, -0.2) is 4.79 Å². The average Bonchev–Trinajstić information content (AvgIpc) is 3.48. The van der Waals surface area contributed by atoms with Crippen LogP contribution in [0.1, 0.15) is 45.3 Å². The fourth-order valence-corrected chi connectivity index (χ4v) is 6.96. The molecule has 1 saturated heterocycles. The van der Waals surface area contributed by atoms with Crippen molar-refractivity contribution in [2.24, 2.45) is 0 Å². The quantitative estimate of drug-likeness (QED) is 0.292. The van der Waals surface area contributed by atoms with Crippen LogP contribution in [0.25, 0.3) is 0 Å². The summed E-state index contributed by atoms with van der Waals surface area (Å²) in [5.74, 6) is -1.74. The maximum absolute atomic E-state index is 14.5. The van der Waals surface area contributed by atoms with Gasteiger partial charge in [0.2, 0.25) is 0 Å². The van der Waals surface area contributed by atoms with Gasteiger partial charge in [0, 0.05) is 37.2 Å². The summed E-state index contributed by atoms with van der Waals surface area (Å²) >= 11 is 14.7. The van der Waals surface area contributed by atoms with E-state index in [1.54, 1.807) is 24.3 Å². The second-order valence-corrected chi connectivity index (χ2v) is 12.1. The molecule has 0 N–H and O–H groups in total. The van der Waals surface area contributed by atoms with Crippen LogP contribution in [0.3, 0.4) is 0 Å². The maximum atomic E-state index is 14.5.